The zero-order valence-electron chi connectivity index (χ0n) is 23.8. The van der Waals surface area contributed by atoms with E-state index in [2.05, 4.69) is 89.8 Å². The molecule has 1 nitrogen and oxygen atoms in total. The van der Waals surface area contributed by atoms with Crippen LogP contribution in [-0.2, 0) is 19.3 Å². The van der Waals surface area contributed by atoms with E-state index in [0.29, 0.717) is 17.9 Å². The van der Waals surface area contributed by atoms with E-state index in [1.165, 1.54) is 41.5 Å². The molecule has 0 spiro atoms. The van der Waals surface area contributed by atoms with Crippen molar-refractivity contribution in [2.45, 2.75) is 98.6 Å². The number of nitrogens with zero attached hydrogens (tertiary/aromatic N) is 1. The Balaban J connectivity index is 1.78. The van der Waals surface area contributed by atoms with E-state index in [-0.39, 0.29) is 11.4 Å². The van der Waals surface area contributed by atoms with Crippen molar-refractivity contribution in [2.75, 3.05) is 6.54 Å². The summed E-state index contributed by atoms with van der Waals surface area (Å²) in [4.78, 5) is 2.72. The van der Waals surface area contributed by atoms with Crippen molar-refractivity contribution < 1.29 is 4.39 Å². The Morgan fingerprint density at radius 1 is 1.00 bits per heavy atom. The van der Waals surface area contributed by atoms with Gasteiger partial charge in [0.2, 0.25) is 0 Å². The number of benzene rings is 2. The van der Waals surface area contributed by atoms with Crippen LogP contribution in [0.4, 0.5) is 4.39 Å². The number of hydrogen-bond acceptors (Lipinski definition) is 1. The fourth-order valence-corrected chi connectivity index (χ4v) is 5.45. The van der Waals surface area contributed by atoms with Crippen LogP contribution in [-0.4, -0.2) is 17.0 Å². The van der Waals surface area contributed by atoms with Gasteiger partial charge in [-0.3, -0.25) is 4.90 Å². The second kappa shape index (κ2) is 12.9. The highest BCUT2D eigenvalue weighted by Gasteiger charge is 2.31. The molecule has 0 saturated heterocycles. The molecule has 0 bridgehead atoms. The molecule has 1 aliphatic carbocycles. The molecule has 2 atom stereocenters. The maximum atomic E-state index is 13.4. The summed E-state index contributed by atoms with van der Waals surface area (Å²) in [6, 6.07) is 14.6. The van der Waals surface area contributed by atoms with Crippen LogP contribution in [0.5, 0.6) is 0 Å². The van der Waals surface area contributed by atoms with Crippen molar-refractivity contribution in [1.82, 2.24) is 4.90 Å². The summed E-state index contributed by atoms with van der Waals surface area (Å²) in [6.07, 6.45) is 13.6. The lowest BCUT2D eigenvalue weighted by atomic mass is 9.88. The van der Waals surface area contributed by atoms with Gasteiger partial charge in [0.1, 0.15) is 5.82 Å². The van der Waals surface area contributed by atoms with Gasteiger partial charge in [-0.15, -0.1) is 0 Å². The monoisotopic (exact) mass is 489 g/mol. The Kier molecular flexibility index (Phi) is 10.1. The van der Waals surface area contributed by atoms with Gasteiger partial charge in [-0.1, -0.05) is 74.9 Å². The van der Waals surface area contributed by atoms with E-state index in [4.69, 9.17) is 0 Å². The van der Waals surface area contributed by atoms with E-state index < -0.39 is 0 Å². The summed E-state index contributed by atoms with van der Waals surface area (Å²) < 4.78 is 13.4. The Bertz CT molecular complexity index is 1030. The largest absolute Gasteiger partial charge is 0.291 e. The van der Waals surface area contributed by atoms with Gasteiger partial charge in [-0.05, 0) is 119 Å². The van der Waals surface area contributed by atoms with Crippen LogP contribution in [0.25, 0.3) is 0 Å². The lowest BCUT2D eigenvalue weighted by molar-refractivity contribution is 0.0640. The molecule has 0 aromatic heterocycles. The third-order valence-electron chi connectivity index (χ3n) is 8.22. The fourth-order valence-electron chi connectivity index (χ4n) is 5.45. The molecule has 0 saturated carbocycles. The van der Waals surface area contributed by atoms with Crippen molar-refractivity contribution >= 4 is 0 Å². The summed E-state index contributed by atoms with van der Waals surface area (Å²) in [5.74, 6) is 0.949. The number of hydrogen-bond donors (Lipinski definition) is 0. The van der Waals surface area contributed by atoms with Gasteiger partial charge in [-0.2, -0.15) is 0 Å². The zero-order chi connectivity index (χ0) is 26.3. The lowest BCUT2D eigenvalue weighted by Gasteiger charge is -2.44. The second-order valence-corrected chi connectivity index (χ2v) is 11.9. The Morgan fingerprint density at radius 2 is 1.69 bits per heavy atom. The zero-order valence-corrected chi connectivity index (χ0v) is 23.8. The topological polar surface area (TPSA) is 3.24 Å². The highest BCUT2D eigenvalue weighted by Crippen LogP contribution is 2.34. The van der Waals surface area contributed by atoms with Crippen molar-refractivity contribution in [3.05, 3.63) is 94.3 Å². The predicted molar refractivity (Wildman–Crippen MR) is 154 cm³/mol. The maximum absolute atomic E-state index is 13.4. The van der Waals surface area contributed by atoms with Crippen molar-refractivity contribution in [1.29, 1.82) is 0 Å². The predicted octanol–water partition coefficient (Wildman–Crippen LogP) is 9.27. The minimum Gasteiger partial charge on any atom is -0.291 e. The van der Waals surface area contributed by atoms with E-state index in [1.807, 2.05) is 12.1 Å². The van der Waals surface area contributed by atoms with Crippen molar-refractivity contribution in [2.24, 2.45) is 11.8 Å². The van der Waals surface area contributed by atoms with Crippen LogP contribution >= 0.6 is 0 Å². The Morgan fingerprint density at radius 3 is 2.39 bits per heavy atom. The fraction of sp³-hybridized carbons (Fsp3) is 0.529. The van der Waals surface area contributed by atoms with Crippen LogP contribution in [0.2, 0.25) is 0 Å². The van der Waals surface area contributed by atoms with Crippen LogP contribution in [0.1, 0.15) is 96.0 Å². The SMILES string of the molecule is C/C(=C\C=C/C(C)C)C(C)CCN(C(C)c1ccc2c(c1)CCC2)C(C)(C)CCc1ccc(F)cc1. The highest BCUT2D eigenvalue weighted by atomic mass is 19.1. The highest BCUT2D eigenvalue weighted by molar-refractivity contribution is 5.36. The summed E-state index contributed by atoms with van der Waals surface area (Å²) in [5.41, 5.74) is 7.19. The molecule has 2 aromatic rings. The van der Waals surface area contributed by atoms with Gasteiger partial charge in [0.15, 0.2) is 0 Å². The van der Waals surface area contributed by atoms with Crippen LogP contribution < -0.4 is 0 Å². The number of fused-ring (bicyclic) bond motifs is 1. The average Bonchev–Trinajstić information content (AvgIpc) is 3.31. The quantitative estimate of drug-likeness (QED) is 0.268. The molecule has 0 fully saturated rings. The van der Waals surface area contributed by atoms with Crippen LogP contribution in [0.15, 0.2) is 66.3 Å². The number of rotatable bonds is 12. The van der Waals surface area contributed by atoms with E-state index in [9.17, 15) is 4.39 Å². The molecule has 36 heavy (non-hydrogen) atoms. The summed E-state index contributed by atoms with van der Waals surface area (Å²) >= 11 is 0. The molecule has 0 N–H and O–H groups in total. The van der Waals surface area contributed by atoms with Gasteiger partial charge in [-0.25, -0.2) is 4.39 Å². The van der Waals surface area contributed by atoms with E-state index in [0.717, 1.165) is 25.8 Å². The van der Waals surface area contributed by atoms with Crippen molar-refractivity contribution in [3.63, 3.8) is 0 Å². The molecule has 3 rings (SSSR count). The first-order chi connectivity index (χ1) is 17.1. The minimum absolute atomic E-state index is 0.0156. The molecule has 2 heteroatoms. The molecule has 1 aliphatic rings. The first-order valence-corrected chi connectivity index (χ1v) is 14.0. The van der Waals surface area contributed by atoms with Crippen LogP contribution in [0.3, 0.4) is 0 Å². The van der Waals surface area contributed by atoms with E-state index in [1.54, 1.807) is 17.7 Å². The normalized spacial score (nSPS) is 16.2. The first-order valence-electron chi connectivity index (χ1n) is 14.0. The van der Waals surface area contributed by atoms with Crippen LogP contribution in [0, 0.1) is 17.7 Å². The maximum Gasteiger partial charge on any atom is 0.123 e. The van der Waals surface area contributed by atoms with Gasteiger partial charge in [0, 0.05) is 11.6 Å². The second-order valence-electron chi connectivity index (χ2n) is 11.9. The Hall–Kier alpha value is -2.19. The molecule has 0 aliphatic heterocycles. The molecule has 0 heterocycles. The molecule has 0 amide bonds. The van der Waals surface area contributed by atoms with E-state index >= 15 is 0 Å². The van der Waals surface area contributed by atoms with Gasteiger partial charge in [0.05, 0.1) is 0 Å². The molecule has 196 valence electrons. The third-order valence-corrected chi connectivity index (χ3v) is 8.22. The van der Waals surface area contributed by atoms with Crippen molar-refractivity contribution in [3.8, 4) is 0 Å². The Labute approximate surface area is 220 Å². The standard InChI is InChI=1S/C34H48FN/c1-25(2)10-8-11-26(3)27(4)21-23-36(28(5)31-17-16-30-12-9-13-32(30)24-31)34(6,7)22-20-29-14-18-33(35)19-15-29/h8,10-11,14-19,24-25,27-28H,9,12-13,20-23H2,1-7H3/b10-8-,26-11+. The number of allylic oxidation sites excluding steroid dienone is 4. The number of aryl methyl sites for hydroxylation is 3. The number of halogens is 1. The summed E-state index contributed by atoms with van der Waals surface area (Å²) in [7, 11) is 0. The van der Waals surface area contributed by atoms with Gasteiger partial charge in [0.25, 0.3) is 0 Å². The average molecular weight is 490 g/mol. The first kappa shape index (κ1) is 28.4. The minimum atomic E-state index is -0.162. The summed E-state index contributed by atoms with van der Waals surface area (Å²) in [5, 5.41) is 0. The lowest BCUT2D eigenvalue weighted by Crippen LogP contribution is -2.46. The van der Waals surface area contributed by atoms with Gasteiger partial charge >= 0.3 is 0 Å². The summed E-state index contributed by atoms with van der Waals surface area (Å²) in [6.45, 7) is 17.3. The molecule has 2 aromatic carbocycles. The smallest absolute Gasteiger partial charge is 0.123 e. The van der Waals surface area contributed by atoms with Gasteiger partial charge < -0.3 is 0 Å². The molecule has 2 unspecified atom stereocenters. The molecular weight excluding hydrogens is 441 g/mol. The third kappa shape index (κ3) is 7.90. The molecule has 0 radical (unpaired) electrons. The molecular formula is C34H48FN.